The Bertz CT molecular complexity index is 1220. The van der Waals surface area contributed by atoms with Crippen molar-refractivity contribution < 1.29 is 0 Å². The zero-order valence-corrected chi connectivity index (χ0v) is 17.0. The van der Waals surface area contributed by atoms with Gasteiger partial charge in [-0.2, -0.15) is 10.4 Å². The number of rotatable bonds is 4. The van der Waals surface area contributed by atoms with E-state index in [9.17, 15) is 5.26 Å². The van der Waals surface area contributed by atoms with Gasteiger partial charge in [-0.3, -0.25) is 4.90 Å². The van der Waals surface area contributed by atoms with Crippen LogP contribution in [0.1, 0.15) is 29.5 Å². The van der Waals surface area contributed by atoms with Crippen molar-refractivity contribution in [3.63, 3.8) is 0 Å². The first-order chi connectivity index (χ1) is 14.7. The fourth-order valence-electron chi connectivity index (χ4n) is 4.28. The third kappa shape index (κ3) is 3.36. The molecule has 0 N–H and O–H groups in total. The van der Waals surface area contributed by atoms with E-state index in [2.05, 4.69) is 58.3 Å². The lowest BCUT2D eigenvalue weighted by atomic mass is 9.96. The predicted octanol–water partition coefficient (Wildman–Crippen LogP) is 4.84. The highest BCUT2D eigenvalue weighted by Gasteiger charge is 2.20. The van der Waals surface area contributed by atoms with Gasteiger partial charge in [-0.25, -0.2) is 9.50 Å². The number of aromatic nitrogens is 3. The summed E-state index contributed by atoms with van der Waals surface area (Å²) in [4.78, 5) is 7.09. The molecule has 0 saturated carbocycles. The van der Waals surface area contributed by atoms with Crippen LogP contribution < -0.4 is 0 Å². The number of nitrogens with zero attached hydrogens (tertiary/aromatic N) is 5. The molecule has 3 heterocycles. The maximum atomic E-state index is 9.20. The van der Waals surface area contributed by atoms with Gasteiger partial charge in [0.2, 0.25) is 0 Å². The molecule has 2 aromatic heterocycles. The fourth-order valence-corrected chi connectivity index (χ4v) is 4.28. The number of nitriles is 1. The molecule has 1 aliphatic rings. The van der Waals surface area contributed by atoms with Crippen LogP contribution in [0, 0.1) is 18.3 Å². The van der Waals surface area contributed by atoms with Crippen LogP contribution in [0.4, 0.5) is 0 Å². The number of aryl methyl sites for hydroxylation is 1. The molecule has 5 rings (SSSR count). The summed E-state index contributed by atoms with van der Waals surface area (Å²) in [6.07, 6.45) is 4.16. The lowest BCUT2D eigenvalue weighted by molar-refractivity contribution is 0.332. The summed E-state index contributed by atoms with van der Waals surface area (Å²) in [5.41, 5.74) is 8.29. The van der Waals surface area contributed by atoms with Crippen LogP contribution in [0.5, 0.6) is 0 Å². The smallest absolute Gasteiger partial charge is 0.160 e. The molecule has 148 valence electrons. The Morgan fingerprint density at radius 2 is 1.67 bits per heavy atom. The van der Waals surface area contributed by atoms with Gasteiger partial charge in [0.25, 0.3) is 0 Å². The van der Waals surface area contributed by atoms with Crippen molar-refractivity contribution in [3.05, 3.63) is 77.6 Å². The standard InChI is InChI=1S/C25H23N5/c1-18-4-8-21(9-5-18)24-23(20-10-6-19(15-26)7-11-20)14-22(16-29-12-2-3-13-29)25-27-17-28-30(24)25/h4-11,14,17H,2-3,12-13,16H2,1H3. The van der Waals surface area contributed by atoms with Crippen LogP contribution >= 0.6 is 0 Å². The number of likely N-dealkylation sites (tertiary alicyclic amines) is 1. The first kappa shape index (κ1) is 18.5. The van der Waals surface area contributed by atoms with E-state index in [-0.39, 0.29) is 0 Å². The zero-order chi connectivity index (χ0) is 20.5. The molecule has 1 fully saturated rings. The van der Waals surface area contributed by atoms with Crippen molar-refractivity contribution >= 4 is 5.65 Å². The van der Waals surface area contributed by atoms with E-state index in [4.69, 9.17) is 0 Å². The Balaban J connectivity index is 1.74. The zero-order valence-electron chi connectivity index (χ0n) is 17.0. The maximum absolute atomic E-state index is 9.20. The van der Waals surface area contributed by atoms with Crippen LogP contribution in [-0.2, 0) is 6.54 Å². The Morgan fingerprint density at radius 1 is 0.967 bits per heavy atom. The van der Waals surface area contributed by atoms with Crippen molar-refractivity contribution in [1.82, 2.24) is 19.5 Å². The summed E-state index contributed by atoms with van der Waals surface area (Å²) in [7, 11) is 0. The molecule has 0 amide bonds. The van der Waals surface area contributed by atoms with Crippen molar-refractivity contribution in [1.29, 1.82) is 5.26 Å². The molecule has 1 saturated heterocycles. The molecule has 30 heavy (non-hydrogen) atoms. The topological polar surface area (TPSA) is 57.2 Å². The molecule has 0 aliphatic carbocycles. The second-order valence-electron chi connectivity index (χ2n) is 7.97. The van der Waals surface area contributed by atoms with Gasteiger partial charge in [-0.1, -0.05) is 42.0 Å². The van der Waals surface area contributed by atoms with Crippen molar-refractivity contribution in [2.45, 2.75) is 26.3 Å². The molecule has 0 radical (unpaired) electrons. The van der Waals surface area contributed by atoms with E-state index in [0.717, 1.165) is 47.7 Å². The Hall–Kier alpha value is -3.49. The fraction of sp³-hybridized carbons (Fsp3) is 0.240. The van der Waals surface area contributed by atoms with Gasteiger partial charge >= 0.3 is 0 Å². The Labute approximate surface area is 176 Å². The average Bonchev–Trinajstić information content (AvgIpc) is 3.47. The van der Waals surface area contributed by atoms with E-state index >= 15 is 0 Å². The molecule has 0 spiro atoms. The molecule has 5 nitrogen and oxygen atoms in total. The third-order valence-corrected chi connectivity index (χ3v) is 5.86. The van der Waals surface area contributed by atoms with Crippen LogP contribution in [0.3, 0.4) is 0 Å². The van der Waals surface area contributed by atoms with Crippen molar-refractivity contribution in [2.75, 3.05) is 13.1 Å². The van der Waals surface area contributed by atoms with Gasteiger partial charge in [-0.05, 0) is 56.6 Å². The molecule has 2 aromatic carbocycles. The van der Waals surface area contributed by atoms with Gasteiger partial charge in [0, 0.05) is 23.2 Å². The van der Waals surface area contributed by atoms with E-state index in [0.29, 0.717) is 5.56 Å². The largest absolute Gasteiger partial charge is 0.299 e. The van der Waals surface area contributed by atoms with Crippen LogP contribution in [-0.4, -0.2) is 32.6 Å². The molecule has 0 atom stereocenters. The summed E-state index contributed by atoms with van der Waals surface area (Å²) in [5, 5.41) is 13.8. The quantitative estimate of drug-likeness (QED) is 0.498. The minimum Gasteiger partial charge on any atom is -0.299 e. The van der Waals surface area contributed by atoms with Crippen molar-refractivity contribution in [3.8, 4) is 28.5 Å². The minimum atomic E-state index is 0.662. The van der Waals surface area contributed by atoms with Gasteiger partial charge in [-0.15, -0.1) is 0 Å². The maximum Gasteiger partial charge on any atom is 0.160 e. The summed E-state index contributed by atoms with van der Waals surface area (Å²) in [6.45, 7) is 5.23. The number of hydrogen-bond donors (Lipinski definition) is 0. The lowest BCUT2D eigenvalue weighted by Gasteiger charge is -2.19. The average molecular weight is 393 g/mol. The van der Waals surface area contributed by atoms with Gasteiger partial charge in [0.05, 0.1) is 17.3 Å². The summed E-state index contributed by atoms with van der Waals surface area (Å²) in [6, 6.07) is 20.8. The highest BCUT2D eigenvalue weighted by molar-refractivity contribution is 5.84. The molecule has 4 aromatic rings. The highest BCUT2D eigenvalue weighted by atomic mass is 15.3. The Kier molecular flexibility index (Phi) is 4.78. The van der Waals surface area contributed by atoms with Gasteiger partial charge in [0.15, 0.2) is 5.65 Å². The molecule has 5 heteroatoms. The molecular formula is C25H23N5. The second kappa shape index (κ2) is 7.74. The van der Waals surface area contributed by atoms with E-state index in [1.807, 2.05) is 28.8 Å². The highest BCUT2D eigenvalue weighted by Crippen LogP contribution is 2.35. The first-order valence-corrected chi connectivity index (χ1v) is 10.4. The van der Waals surface area contributed by atoms with Crippen LogP contribution in [0.2, 0.25) is 0 Å². The molecular weight excluding hydrogens is 370 g/mol. The number of benzene rings is 2. The van der Waals surface area contributed by atoms with Crippen LogP contribution in [0.15, 0.2) is 60.9 Å². The minimum absolute atomic E-state index is 0.662. The Morgan fingerprint density at radius 3 is 2.37 bits per heavy atom. The normalized spacial score (nSPS) is 14.3. The summed E-state index contributed by atoms with van der Waals surface area (Å²) in [5.74, 6) is 0. The number of pyridine rings is 1. The van der Waals surface area contributed by atoms with Gasteiger partial charge in [0.1, 0.15) is 6.33 Å². The molecule has 1 aliphatic heterocycles. The second-order valence-corrected chi connectivity index (χ2v) is 7.97. The van der Waals surface area contributed by atoms with Crippen LogP contribution in [0.25, 0.3) is 28.0 Å². The number of fused-ring (bicyclic) bond motifs is 1. The van der Waals surface area contributed by atoms with E-state index < -0.39 is 0 Å². The third-order valence-electron chi connectivity index (χ3n) is 5.86. The molecule has 0 bridgehead atoms. The predicted molar refractivity (Wildman–Crippen MR) is 118 cm³/mol. The first-order valence-electron chi connectivity index (χ1n) is 10.4. The number of hydrogen-bond acceptors (Lipinski definition) is 4. The SMILES string of the molecule is Cc1ccc(-c2c(-c3ccc(C#N)cc3)cc(CN3CCCC3)c3ncnn23)cc1. The summed E-state index contributed by atoms with van der Waals surface area (Å²) < 4.78 is 1.98. The van der Waals surface area contributed by atoms with Gasteiger partial charge < -0.3 is 0 Å². The van der Waals surface area contributed by atoms with Crippen molar-refractivity contribution in [2.24, 2.45) is 0 Å². The monoisotopic (exact) mass is 393 g/mol. The van der Waals surface area contributed by atoms with E-state index in [1.54, 1.807) is 6.33 Å². The molecule has 0 unspecified atom stereocenters. The lowest BCUT2D eigenvalue weighted by Crippen LogP contribution is -2.19. The summed E-state index contributed by atoms with van der Waals surface area (Å²) >= 11 is 0. The van der Waals surface area contributed by atoms with E-state index in [1.165, 1.54) is 24.0 Å².